The van der Waals surface area contributed by atoms with Gasteiger partial charge in [-0.25, -0.2) is 4.98 Å². The number of nitrogens with one attached hydrogen (secondary N) is 1. The molecule has 17 heavy (non-hydrogen) atoms. The molecule has 1 heterocycles. The number of rotatable bonds is 3. The highest BCUT2D eigenvalue weighted by molar-refractivity contribution is 5.75. The lowest BCUT2D eigenvalue weighted by atomic mass is 10.1. The molecule has 5 heteroatoms. The summed E-state index contributed by atoms with van der Waals surface area (Å²) in [7, 11) is 1.32. The van der Waals surface area contributed by atoms with Gasteiger partial charge >= 0.3 is 5.97 Å². The second kappa shape index (κ2) is 4.83. The topological polar surface area (TPSA) is 75.0 Å². The van der Waals surface area contributed by atoms with Crippen molar-refractivity contribution in [3.63, 3.8) is 0 Å². The highest BCUT2D eigenvalue weighted by Gasteiger charge is 2.16. The predicted octanol–water partition coefficient (Wildman–Crippen LogP) is 1.03. The Bertz CT molecular complexity index is 491. The number of carbonyl (C=O) groups excluding carboxylic acids is 1. The summed E-state index contributed by atoms with van der Waals surface area (Å²) in [5.74, 6) is 0.0924. The van der Waals surface area contributed by atoms with Gasteiger partial charge in [-0.3, -0.25) is 4.79 Å². The summed E-state index contributed by atoms with van der Waals surface area (Å²) in [6, 6.07) is 3.95. The maximum absolute atomic E-state index is 11.0. The molecule has 1 aliphatic carbocycles. The molecule has 0 fully saturated rings. The van der Waals surface area contributed by atoms with Crippen LogP contribution in [-0.2, 0) is 22.4 Å². The maximum Gasteiger partial charge on any atom is 0.325 e. The van der Waals surface area contributed by atoms with Crippen LogP contribution in [-0.4, -0.2) is 24.6 Å². The SMILES string of the molecule is COC(=O)CNc1nc2c(cc1C#N)CCC2. The van der Waals surface area contributed by atoms with Crippen molar-refractivity contribution >= 4 is 11.8 Å². The summed E-state index contributed by atoms with van der Waals surface area (Å²) in [6.45, 7) is 0.0248. The number of aromatic nitrogens is 1. The van der Waals surface area contributed by atoms with Gasteiger partial charge in [-0.05, 0) is 30.9 Å². The van der Waals surface area contributed by atoms with Crippen molar-refractivity contribution in [2.24, 2.45) is 0 Å². The molecule has 2 rings (SSSR count). The molecule has 0 bridgehead atoms. The zero-order valence-electron chi connectivity index (χ0n) is 9.62. The van der Waals surface area contributed by atoms with Crippen LogP contribution in [0.2, 0.25) is 0 Å². The van der Waals surface area contributed by atoms with E-state index in [0.717, 1.165) is 30.5 Å². The van der Waals surface area contributed by atoms with E-state index in [9.17, 15) is 4.79 Å². The molecule has 0 amide bonds. The summed E-state index contributed by atoms with van der Waals surface area (Å²) in [4.78, 5) is 15.4. The van der Waals surface area contributed by atoms with Gasteiger partial charge < -0.3 is 10.1 Å². The van der Waals surface area contributed by atoms with Gasteiger partial charge in [0, 0.05) is 5.69 Å². The van der Waals surface area contributed by atoms with Crippen molar-refractivity contribution in [1.29, 1.82) is 5.26 Å². The number of nitriles is 1. The Morgan fingerprint density at radius 2 is 2.47 bits per heavy atom. The van der Waals surface area contributed by atoms with Crippen molar-refractivity contribution in [1.82, 2.24) is 4.98 Å². The van der Waals surface area contributed by atoms with Crippen molar-refractivity contribution in [3.05, 3.63) is 22.9 Å². The Kier molecular flexibility index (Phi) is 3.24. The van der Waals surface area contributed by atoms with Crippen LogP contribution in [0, 0.1) is 11.3 Å². The number of ether oxygens (including phenoxy) is 1. The largest absolute Gasteiger partial charge is 0.468 e. The van der Waals surface area contributed by atoms with Gasteiger partial charge in [0.2, 0.25) is 0 Å². The normalized spacial score (nSPS) is 12.7. The van der Waals surface area contributed by atoms with E-state index in [1.165, 1.54) is 7.11 Å². The Labute approximate surface area is 99.4 Å². The molecule has 88 valence electrons. The molecular weight excluding hydrogens is 218 g/mol. The van der Waals surface area contributed by atoms with Gasteiger partial charge in [-0.2, -0.15) is 5.26 Å². The molecule has 0 aliphatic heterocycles. The number of fused-ring (bicyclic) bond motifs is 1. The fourth-order valence-electron chi connectivity index (χ4n) is 1.92. The molecule has 0 saturated carbocycles. The Morgan fingerprint density at radius 3 is 3.18 bits per heavy atom. The maximum atomic E-state index is 11.0. The quantitative estimate of drug-likeness (QED) is 0.786. The van der Waals surface area contributed by atoms with Crippen molar-refractivity contribution in [2.45, 2.75) is 19.3 Å². The average molecular weight is 231 g/mol. The van der Waals surface area contributed by atoms with Gasteiger partial charge in [0.25, 0.3) is 0 Å². The van der Waals surface area contributed by atoms with Gasteiger partial charge in [-0.1, -0.05) is 0 Å². The van der Waals surface area contributed by atoms with Gasteiger partial charge in [0.05, 0.1) is 12.7 Å². The Balaban J connectivity index is 2.21. The Morgan fingerprint density at radius 1 is 1.65 bits per heavy atom. The second-order valence-corrected chi connectivity index (χ2v) is 3.89. The molecule has 1 aliphatic rings. The molecule has 5 nitrogen and oxygen atoms in total. The van der Waals surface area contributed by atoms with Crippen LogP contribution in [0.3, 0.4) is 0 Å². The molecular formula is C12H13N3O2. The number of aryl methyl sites for hydroxylation is 2. The van der Waals surface area contributed by atoms with Crippen LogP contribution in [0.4, 0.5) is 5.82 Å². The highest BCUT2D eigenvalue weighted by Crippen LogP contribution is 2.24. The second-order valence-electron chi connectivity index (χ2n) is 3.89. The molecule has 0 atom stereocenters. The summed E-state index contributed by atoms with van der Waals surface area (Å²) < 4.78 is 4.53. The first-order chi connectivity index (χ1) is 8.24. The van der Waals surface area contributed by atoms with E-state index in [1.807, 2.05) is 6.07 Å². The summed E-state index contributed by atoms with van der Waals surface area (Å²) in [5.41, 5.74) is 2.65. The smallest absolute Gasteiger partial charge is 0.325 e. The van der Waals surface area contributed by atoms with Crippen molar-refractivity contribution in [3.8, 4) is 6.07 Å². The lowest BCUT2D eigenvalue weighted by Crippen LogP contribution is -2.17. The zero-order chi connectivity index (χ0) is 12.3. The van der Waals surface area contributed by atoms with E-state index in [1.54, 1.807) is 0 Å². The molecule has 0 aromatic carbocycles. The molecule has 0 radical (unpaired) electrons. The van der Waals surface area contributed by atoms with E-state index < -0.39 is 0 Å². The molecule has 1 aromatic rings. The predicted molar refractivity (Wildman–Crippen MR) is 61.5 cm³/mol. The number of pyridine rings is 1. The van der Waals surface area contributed by atoms with E-state index in [4.69, 9.17) is 5.26 Å². The Hall–Kier alpha value is -2.09. The minimum atomic E-state index is -0.379. The standard InChI is InChI=1S/C12H13N3O2/c1-17-11(16)7-14-12-9(6-13)5-8-3-2-4-10(8)15-12/h5H,2-4,7H2,1H3,(H,14,15). The van der Waals surface area contributed by atoms with Gasteiger partial charge in [-0.15, -0.1) is 0 Å². The van der Waals surface area contributed by atoms with Crippen molar-refractivity contribution < 1.29 is 9.53 Å². The van der Waals surface area contributed by atoms with Crippen molar-refractivity contribution in [2.75, 3.05) is 19.0 Å². The minimum absolute atomic E-state index is 0.0248. The van der Waals surface area contributed by atoms with E-state index in [2.05, 4.69) is 21.1 Å². The van der Waals surface area contributed by atoms with Crippen LogP contribution < -0.4 is 5.32 Å². The average Bonchev–Trinajstić information content (AvgIpc) is 2.81. The number of nitrogens with zero attached hydrogens (tertiary/aromatic N) is 2. The number of hydrogen-bond acceptors (Lipinski definition) is 5. The van der Waals surface area contributed by atoms with Gasteiger partial charge in [0.1, 0.15) is 18.4 Å². The number of hydrogen-bond donors (Lipinski definition) is 1. The highest BCUT2D eigenvalue weighted by atomic mass is 16.5. The third-order valence-corrected chi connectivity index (χ3v) is 2.80. The lowest BCUT2D eigenvalue weighted by molar-refractivity contribution is -0.138. The van der Waals surface area contributed by atoms with E-state index in [0.29, 0.717) is 11.4 Å². The lowest BCUT2D eigenvalue weighted by Gasteiger charge is -2.08. The van der Waals surface area contributed by atoms with Crippen LogP contribution >= 0.6 is 0 Å². The van der Waals surface area contributed by atoms with E-state index >= 15 is 0 Å². The molecule has 1 N–H and O–H groups in total. The first kappa shape index (κ1) is 11.4. The van der Waals surface area contributed by atoms with Gasteiger partial charge in [0.15, 0.2) is 0 Å². The van der Waals surface area contributed by atoms with E-state index in [-0.39, 0.29) is 12.5 Å². The minimum Gasteiger partial charge on any atom is -0.468 e. The molecule has 1 aromatic heterocycles. The third-order valence-electron chi connectivity index (χ3n) is 2.80. The number of esters is 1. The first-order valence-corrected chi connectivity index (χ1v) is 5.48. The summed E-state index contributed by atoms with van der Waals surface area (Å²) >= 11 is 0. The molecule has 0 saturated heterocycles. The van der Waals surface area contributed by atoms with Crippen LogP contribution in [0.25, 0.3) is 0 Å². The summed E-state index contributed by atoms with van der Waals surface area (Å²) in [5, 5.41) is 11.9. The number of anilines is 1. The van der Waals surface area contributed by atoms with Crippen LogP contribution in [0.5, 0.6) is 0 Å². The van der Waals surface area contributed by atoms with Crippen LogP contribution in [0.1, 0.15) is 23.2 Å². The fraction of sp³-hybridized carbons (Fsp3) is 0.417. The third kappa shape index (κ3) is 2.36. The number of methoxy groups -OCH3 is 1. The van der Waals surface area contributed by atoms with Crippen LogP contribution in [0.15, 0.2) is 6.07 Å². The zero-order valence-corrected chi connectivity index (χ0v) is 9.62. The monoisotopic (exact) mass is 231 g/mol. The number of carbonyl (C=O) groups is 1. The first-order valence-electron chi connectivity index (χ1n) is 5.48. The molecule has 0 spiro atoms. The molecule has 0 unspecified atom stereocenters. The summed E-state index contributed by atoms with van der Waals surface area (Å²) in [6.07, 6.45) is 3.00. The fourth-order valence-corrected chi connectivity index (χ4v) is 1.92.